The second-order valence-electron chi connectivity index (χ2n) is 7.56. The molecule has 2 aromatic heterocycles. The lowest BCUT2D eigenvalue weighted by atomic mass is 9.87. The molecule has 0 amide bonds. The van der Waals surface area contributed by atoms with Gasteiger partial charge in [0.05, 0.1) is 11.4 Å². The van der Waals surface area contributed by atoms with E-state index in [0.29, 0.717) is 5.88 Å². The molecule has 2 aromatic rings. The van der Waals surface area contributed by atoms with Crippen molar-refractivity contribution in [2.45, 2.75) is 58.2 Å². The maximum atomic E-state index is 12.2. The van der Waals surface area contributed by atoms with Gasteiger partial charge in [0.15, 0.2) is 5.52 Å². The van der Waals surface area contributed by atoms with E-state index < -0.39 is 5.60 Å². The van der Waals surface area contributed by atoms with E-state index in [4.69, 9.17) is 9.47 Å². The molecule has 0 N–H and O–H groups in total. The van der Waals surface area contributed by atoms with Gasteiger partial charge in [-0.2, -0.15) is 0 Å². The van der Waals surface area contributed by atoms with Gasteiger partial charge in [0, 0.05) is 7.05 Å². The van der Waals surface area contributed by atoms with Crippen LogP contribution in [0.1, 0.15) is 46.5 Å². The van der Waals surface area contributed by atoms with Crippen molar-refractivity contribution >= 4 is 32.9 Å². The minimum atomic E-state index is -0.434. The van der Waals surface area contributed by atoms with Crippen LogP contribution >= 0.6 is 15.9 Å². The smallest absolute Gasteiger partial charge is 0.309 e. The van der Waals surface area contributed by atoms with Gasteiger partial charge in [-0.3, -0.25) is 9.48 Å². The second kappa shape index (κ2) is 6.94. The highest BCUT2D eigenvalue weighted by molar-refractivity contribution is 9.10. The molecule has 0 aliphatic heterocycles. The summed E-state index contributed by atoms with van der Waals surface area (Å²) >= 11 is 3.39. The van der Waals surface area contributed by atoms with Gasteiger partial charge in [0.25, 0.3) is 5.88 Å². The average molecular weight is 410 g/mol. The van der Waals surface area contributed by atoms with Gasteiger partial charge in [-0.05, 0) is 74.5 Å². The monoisotopic (exact) mass is 409 g/mol. The highest BCUT2D eigenvalue weighted by atomic mass is 79.9. The minimum Gasteiger partial charge on any atom is -0.472 e. The number of hydrogen-bond donors (Lipinski definition) is 0. The number of halogens is 1. The lowest BCUT2D eigenvalue weighted by molar-refractivity contribution is -0.161. The molecule has 0 atom stereocenters. The first-order valence-corrected chi connectivity index (χ1v) is 9.41. The highest BCUT2D eigenvalue weighted by Crippen LogP contribution is 2.31. The zero-order valence-electron chi connectivity index (χ0n) is 15.1. The van der Waals surface area contributed by atoms with Gasteiger partial charge in [-0.25, -0.2) is 4.98 Å². The molecule has 0 unspecified atom stereocenters. The van der Waals surface area contributed by atoms with Crippen LogP contribution in [0, 0.1) is 5.92 Å². The van der Waals surface area contributed by atoms with Crippen molar-refractivity contribution in [2.75, 3.05) is 0 Å². The zero-order chi connectivity index (χ0) is 18.2. The summed E-state index contributed by atoms with van der Waals surface area (Å²) < 4.78 is 14.1. The summed E-state index contributed by atoms with van der Waals surface area (Å²) in [5.74, 6) is 0.422. The highest BCUT2D eigenvalue weighted by Gasteiger charge is 2.31. The number of nitrogens with zero attached hydrogens (tertiary/aromatic N) is 3. The van der Waals surface area contributed by atoms with E-state index in [9.17, 15) is 4.79 Å². The molecule has 1 fully saturated rings. The number of pyridine rings is 1. The molecule has 7 heteroatoms. The first-order valence-electron chi connectivity index (χ1n) is 8.62. The average Bonchev–Trinajstić information content (AvgIpc) is 2.82. The van der Waals surface area contributed by atoms with Crippen molar-refractivity contribution in [3.8, 4) is 5.88 Å². The van der Waals surface area contributed by atoms with Crippen LogP contribution in [-0.4, -0.2) is 32.4 Å². The van der Waals surface area contributed by atoms with Crippen molar-refractivity contribution in [1.82, 2.24) is 14.8 Å². The van der Waals surface area contributed by atoms with Gasteiger partial charge >= 0.3 is 5.97 Å². The minimum absolute atomic E-state index is 0.0354. The van der Waals surface area contributed by atoms with Crippen LogP contribution in [0.25, 0.3) is 11.0 Å². The topological polar surface area (TPSA) is 66.2 Å². The number of aryl methyl sites for hydroxylation is 1. The Balaban J connectivity index is 1.63. The fourth-order valence-electron chi connectivity index (χ4n) is 3.12. The Bertz CT molecular complexity index is 774. The number of fused-ring (bicyclic) bond motifs is 1. The lowest BCUT2D eigenvalue weighted by Gasteiger charge is -2.29. The lowest BCUT2D eigenvalue weighted by Crippen LogP contribution is -2.33. The van der Waals surface area contributed by atoms with Crippen molar-refractivity contribution in [1.29, 1.82) is 0 Å². The zero-order valence-corrected chi connectivity index (χ0v) is 16.7. The van der Waals surface area contributed by atoms with E-state index in [1.807, 2.05) is 40.0 Å². The number of rotatable bonds is 3. The molecule has 1 saturated carbocycles. The van der Waals surface area contributed by atoms with Crippen LogP contribution in [0.4, 0.5) is 0 Å². The predicted molar refractivity (Wildman–Crippen MR) is 98.4 cm³/mol. The third-order valence-electron chi connectivity index (χ3n) is 4.32. The molecular weight excluding hydrogens is 386 g/mol. The maximum Gasteiger partial charge on any atom is 0.309 e. The number of esters is 1. The van der Waals surface area contributed by atoms with E-state index in [1.54, 1.807) is 4.68 Å². The normalized spacial score (nSPS) is 21.3. The fourth-order valence-corrected chi connectivity index (χ4v) is 3.43. The van der Waals surface area contributed by atoms with E-state index in [-0.39, 0.29) is 18.0 Å². The molecular formula is C18H24BrN3O3. The molecule has 0 spiro atoms. The number of aromatic nitrogens is 3. The van der Waals surface area contributed by atoms with Crippen LogP contribution in [0.2, 0.25) is 0 Å². The molecule has 0 radical (unpaired) electrons. The Morgan fingerprint density at radius 1 is 1.24 bits per heavy atom. The van der Waals surface area contributed by atoms with Crippen LogP contribution < -0.4 is 4.74 Å². The van der Waals surface area contributed by atoms with E-state index in [0.717, 1.165) is 41.3 Å². The van der Waals surface area contributed by atoms with Crippen LogP contribution in [0.3, 0.4) is 0 Å². The van der Waals surface area contributed by atoms with Crippen molar-refractivity contribution in [3.05, 3.63) is 16.7 Å². The molecule has 1 aliphatic carbocycles. The largest absolute Gasteiger partial charge is 0.472 e. The van der Waals surface area contributed by atoms with Crippen LogP contribution in [0.5, 0.6) is 5.88 Å². The Kier molecular flexibility index (Phi) is 5.04. The molecule has 0 saturated heterocycles. The Morgan fingerprint density at radius 2 is 1.92 bits per heavy atom. The summed E-state index contributed by atoms with van der Waals surface area (Å²) in [5, 5.41) is 4.45. The van der Waals surface area contributed by atoms with E-state index >= 15 is 0 Å². The molecule has 0 bridgehead atoms. The summed E-state index contributed by atoms with van der Waals surface area (Å²) in [6.07, 6.45) is 3.24. The van der Waals surface area contributed by atoms with Gasteiger partial charge in [-0.15, -0.1) is 5.10 Å². The van der Waals surface area contributed by atoms with Gasteiger partial charge in [0.1, 0.15) is 16.3 Å². The summed E-state index contributed by atoms with van der Waals surface area (Å²) in [4.78, 5) is 16.7. The number of carbonyl (C=O) groups excluding carboxylic acids is 1. The second-order valence-corrected chi connectivity index (χ2v) is 8.37. The first-order chi connectivity index (χ1) is 11.7. The van der Waals surface area contributed by atoms with Crippen molar-refractivity contribution in [2.24, 2.45) is 13.0 Å². The van der Waals surface area contributed by atoms with Gasteiger partial charge in [0.2, 0.25) is 0 Å². The number of hydrogen-bond acceptors (Lipinski definition) is 5. The predicted octanol–water partition coefficient (Wildman–Crippen LogP) is 4.01. The number of ether oxygens (including phenoxy) is 2. The first kappa shape index (κ1) is 18.2. The summed E-state index contributed by atoms with van der Waals surface area (Å²) in [6.45, 7) is 5.70. The third-order valence-corrected chi connectivity index (χ3v) is 4.77. The summed E-state index contributed by atoms with van der Waals surface area (Å²) in [7, 11) is 1.88. The molecule has 25 heavy (non-hydrogen) atoms. The van der Waals surface area contributed by atoms with Gasteiger partial charge in [-0.1, -0.05) is 0 Å². The molecule has 0 aromatic carbocycles. The van der Waals surface area contributed by atoms with Crippen LogP contribution in [0.15, 0.2) is 16.7 Å². The van der Waals surface area contributed by atoms with Crippen molar-refractivity contribution < 1.29 is 14.3 Å². The molecule has 6 nitrogen and oxygen atoms in total. The summed E-state index contributed by atoms with van der Waals surface area (Å²) in [6, 6.07) is 3.85. The molecule has 2 heterocycles. The maximum absolute atomic E-state index is 12.2. The summed E-state index contributed by atoms with van der Waals surface area (Å²) in [5.41, 5.74) is 1.25. The number of carbonyl (C=O) groups is 1. The Morgan fingerprint density at radius 3 is 2.56 bits per heavy atom. The van der Waals surface area contributed by atoms with Crippen molar-refractivity contribution in [3.63, 3.8) is 0 Å². The Hall–Kier alpha value is -1.63. The SMILES string of the molecule is Cn1nc(OC2CCC(C(=O)OC(C)(C)C)CC2)c2nc(Br)ccc21. The van der Waals surface area contributed by atoms with Gasteiger partial charge < -0.3 is 9.47 Å². The Labute approximate surface area is 156 Å². The van der Waals surface area contributed by atoms with E-state index in [2.05, 4.69) is 26.0 Å². The quantitative estimate of drug-likeness (QED) is 0.565. The third kappa shape index (κ3) is 4.32. The van der Waals surface area contributed by atoms with E-state index in [1.165, 1.54) is 0 Å². The fraction of sp³-hybridized carbons (Fsp3) is 0.611. The molecule has 3 rings (SSSR count). The van der Waals surface area contributed by atoms with Crippen LogP contribution in [-0.2, 0) is 16.6 Å². The molecule has 1 aliphatic rings. The standard InChI is InChI=1S/C18H24BrN3O3/c1-18(2,3)25-17(23)11-5-7-12(8-6-11)24-16-15-13(22(4)21-16)9-10-14(19)20-15/h9-12H,5-8H2,1-4H3. The molecule has 136 valence electrons.